The quantitative estimate of drug-likeness (QED) is 0.896. The lowest BCUT2D eigenvalue weighted by Crippen LogP contribution is -2.28. The second-order valence-electron chi connectivity index (χ2n) is 6.29. The molecule has 3 rings (SSSR count). The standard InChI is InChI=1S/C17H25N3O2/c21-17(13-8-10-22-11-9-13)20-15-6-7-16(18-12-15)19-14-4-2-1-3-5-14/h6-7,12-14H,1-5,8-11H2,(H,18,19)(H,20,21). The van der Waals surface area contributed by atoms with Gasteiger partial charge in [-0.1, -0.05) is 19.3 Å². The van der Waals surface area contributed by atoms with Crippen LogP contribution >= 0.6 is 0 Å². The van der Waals surface area contributed by atoms with Crippen LogP contribution < -0.4 is 10.6 Å². The van der Waals surface area contributed by atoms with Gasteiger partial charge in [0.2, 0.25) is 5.91 Å². The fourth-order valence-electron chi connectivity index (χ4n) is 3.21. The van der Waals surface area contributed by atoms with Crippen molar-refractivity contribution in [1.29, 1.82) is 0 Å². The largest absolute Gasteiger partial charge is 0.381 e. The molecule has 0 aromatic carbocycles. The maximum Gasteiger partial charge on any atom is 0.227 e. The van der Waals surface area contributed by atoms with Crippen LogP contribution in [0.5, 0.6) is 0 Å². The van der Waals surface area contributed by atoms with Crippen LogP contribution in [0.3, 0.4) is 0 Å². The van der Waals surface area contributed by atoms with Gasteiger partial charge in [0.25, 0.3) is 0 Å². The Hall–Kier alpha value is -1.62. The average Bonchev–Trinajstić information content (AvgIpc) is 2.58. The molecule has 1 aromatic rings. The molecule has 2 fully saturated rings. The molecular formula is C17H25N3O2. The number of nitrogens with one attached hydrogen (secondary N) is 2. The molecule has 22 heavy (non-hydrogen) atoms. The first-order chi connectivity index (χ1) is 10.8. The zero-order valence-corrected chi connectivity index (χ0v) is 13.0. The third kappa shape index (κ3) is 4.19. The van der Waals surface area contributed by atoms with Crippen LogP contribution in [0, 0.1) is 5.92 Å². The SMILES string of the molecule is O=C(Nc1ccc(NC2CCCCC2)nc1)C1CCOCC1. The maximum absolute atomic E-state index is 12.2. The Balaban J connectivity index is 1.51. The van der Waals surface area contributed by atoms with Gasteiger partial charge in [-0.15, -0.1) is 0 Å². The topological polar surface area (TPSA) is 63.2 Å². The number of carbonyl (C=O) groups excluding carboxylic acids is 1. The van der Waals surface area contributed by atoms with Crippen LogP contribution in [-0.2, 0) is 9.53 Å². The molecule has 0 bridgehead atoms. The number of amides is 1. The number of aromatic nitrogens is 1. The molecule has 2 heterocycles. The molecular weight excluding hydrogens is 278 g/mol. The molecule has 5 heteroatoms. The molecule has 1 saturated carbocycles. The Morgan fingerprint density at radius 1 is 1.09 bits per heavy atom. The number of carbonyl (C=O) groups is 1. The van der Waals surface area contributed by atoms with E-state index in [4.69, 9.17) is 4.74 Å². The van der Waals surface area contributed by atoms with Crippen molar-refractivity contribution in [2.75, 3.05) is 23.8 Å². The van der Waals surface area contributed by atoms with Crippen molar-refractivity contribution in [2.24, 2.45) is 5.92 Å². The van der Waals surface area contributed by atoms with Crippen LogP contribution in [0.4, 0.5) is 11.5 Å². The minimum atomic E-state index is 0.0637. The molecule has 0 radical (unpaired) electrons. The van der Waals surface area contributed by atoms with Gasteiger partial charge in [0, 0.05) is 25.2 Å². The summed E-state index contributed by atoms with van der Waals surface area (Å²) in [7, 11) is 0. The van der Waals surface area contributed by atoms with E-state index in [9.17, 15) is 4.79 Å². The van der Waals surface area contributed by atoms with Crippen molar-refractivity contribution in [3.8, 4) is 0 Å². The summed E-state index contributed by atoms with van der Waals surface area (Å²) in [5.74, 6) is 1.04. The molecule has 1 aliphatic heterocycles. The molecule has 2 aliphatic rings. The van der Waals surface area contributed by atoms with E-state index in [2.05, 4.69) is 15.6 Å². The minimum Gasteiger partial charge on any atom is -0.381 e. The summed E-state index contributed by atoms with van der Waals surface area (Å²) >= 11 is 0. The zero-order chi connectivity index (χ0) is 15.2. The number of hydrogen-bond donors (Lipinski definition) is 2. The smallest absolute Gasteiger partial charge is 0.227 e. The number of nitrogens with zero attached hydrogens (tertiary/aromatic N) is 1. The Morgan fingerprint density at radius 3 is 2.55 bits per heavy atom. The molecule has 2 N–H and O–H groups in total. The Morgan fingerprint density at radius 2 is 1.86 bits per heavy atom. The van der Waals surface area contributed by atoms with E-state index in [0.717, 1.165) is 24.3 Å². The molecule has 0 atom stereocenters. The molecule has 1 saturated heterocycles. The van der Waals surface area contributed by atoms with Crippen LogP contribution in [0.15, 0.2) is 18.3 Å². The lowest BCUT2D eigenvalue weighted by atomic mass is 9.95. The summed E-state index contributed by atoms with van der Waals surface area (Å²) in [6.45, 7) is 1.36. The lowest BCUT2D eigenvalue weighted by molar-refractivity contribution is -0.122. The van der Waals surface area contributed by atoms with Crippen LogP contribution in [0.2, 0.25) is 0 Å². The maximum atomic E-state index is 12.2. The average molecular weight is 303 g/mol. The summed E-state index contributed by atoms with van der Waals surface area (Å²) < 4.78 is 5.29. The first-order valence-corrected chi connectivity index (χ1v) is 8.42. The van der Waals surface area contributed by atoms with Gasteiger partial charge >= 0.3 is 0 Å². The highest BCUT2D eigenvalue weighted by Gasteiger charge is 2.21. The summed E-state index contributed by atoms with van der Waals surface area (Å²) in [4.78, 5) is 16.6. The van der Waals surface area contributed by atoms with E-state index in [0.29, 0.717) is 19.3 Å². The monoisotopic (exact) mass is 303 g/mol. The molecule has 1 aliphatic carbocycles. The summed E-state index contributed by atoms with van der Waals surface area (Å²) in [5.41, 5.74) is 0.769. The Labute approximate surface area is 131 Å². The van der Waals surface area contributed by atoms with Gasteiger partial charge in [0.1, 0.15) is 5.82 Å². The van der Waals surface area contributed by atoms with Crippen molar-refractivity contribution in [3.05, 3.63) is 18.3 Å². The molecule has 120 valence electrons. The third-order valence-corrected chi connectivity index (χ3v) is 4.58. The van der Waals surface area contributed by atoms with E-state index in [1.54, 1.807) is 6.20 Å². The van der Waals surface area contributed by atoms with E-state index in [1.165, 1.54) is 32.1 Å². The van der Waals surface area contributed by atoms with E-state index in [1.807, 2.05) is 12.1 Å². The lowest BCUT2D eigenvalue weighted by Gasteiger charge is -2.23. The molecule has 1 amide bonds. The van der Waals surface area contributed by atoms with Crippen LogP contribution in [0.25, 0.3) is 0 Å². The fourth-order valence-corrected chi connectivity index (χ4v) is 3.21. The van der Waals surface area contributed by atoms with Crippen LogP contribution in [0.1, 0.15) is 44.9 Å². The summed E-state index contributed by atoms with van der Waals surface area (Å²) in [6.07, 6.45) is 9.76. The van der Waals surface area contributed by atoms with Gasteiger partial charge in [-0.05, 0) is 37.8 Å². The van der Waals surface area contributed by atoms with Gasteiger partial charge < -0.3 is 15.4 Å². The number of ether oxygens (including phenoxy) is 1. The Kier molecular flexibility index (Phi) is 5.27. The van der Waals surface area contributed by atoms with Gasteiger partial charge in [-0.3, -0.25) is 4.79 Å². The second kappa shape index (κ2) is 7.58. The zero-order valence-electron chi connectivity index (χ0n) is 13.0. The van der Waals surface area contributed by atoms with Gasteiger partial charge in [-0.2, -0.15) is 0 Å². The fraction of sp³-hybridized carbons (Fsp3) is 0.647. The second-order valence-corrected chi connectivity index (χ2v) is 6.29. The van der Waals surface area contributed by atoms with Gasteiger partial charge in [0.05, 0.1) is 11.9 Å². The van der Waals surface area contributed by atoms with Crippen molar-refractivity contribution in [3.63, 3.8) is 0 Å². The number of pyridine rings is 1. The predicted molar refractivity (Wildman–Crippen MR) is 86.9 cm³/mol. The minimum absolute atomic E-state index is 0.0637. The van der Waals surface area contributed by atoms with Crippen molar-refractivity contribution in [2.45, 2.75) is 51.0 Å². The summed E-state index contributed by atoms with van der Waals surface area (Å²) in [5, 5.41) is 6.44. The van der Waals surface area contributed by atoms with Crippen molar-refractivity contribution >= 4 is 17.4 Å². The number of anilines is 2. The van der Waals surface area contributed by atoms with Gasteiger partial charge in [-0.25, -0.2) is 4.98 Å². The number of hydrogen-bond acceptors (Lipinski definition) is 4. The molecule has 0 spiro atoms. The molecule has 1 aromatic heterocycles. The van der Waals surface area contributed by atoms with E-state index < -0.39 is 0 Å². The molecule has 0 unspecified atom stereocenters. The first-order valence-electron chi connectivity index (χ1n) is 8.42. The van der Waals surface area contributed by atoms with Gasteiger partial charge in [0.15, 0.2) is 0 Å². The van der Waals surface area contributed by atoms with Crippen LogP contribution in [-0.4, -0.2) is 30.1 Å². The first kappa shape index (κ1) is 15.3. The van der Waals surface area contributed by atoms with E-state index in [-0.39, 0.29) is 11.8 Å². The predicted octanol–water partition coefficient (Wildman–Crippen LogP) is 3.19. The molecule has 5 nitrogen and oxygen atoms in total. The third-order valence-electron chi connectivity index (χ3n) is 4.58. The summed E-state index contributed by atoms with van der Waals surface area (Å²) in [6, 6.07) is 4.42. The van der Waals surface area contributed by atoms with Crippen molar-refractivity contribution in [1.82, 2.24) is 4.98 Å². The highest BCUT2D eigenvalue weighted by molar-refractivity contribution is 5.92. The van der Waals surface area contributed by atoms with Crippen molar-refractivity contribution < 1.29 is 9.53 Å². The number of rotatable bonds is 4. The Bertz CT molecular complexity index is 477. The highest BCUT2D eigenvalue weighted by atomic mass is 16.5. The highest BCUT2D eigenvalue weighted by Crippen LogP contribution is 2.22. The normalized spacial score (nSPS) is 20.5. The van der Waals surface area contributed by atoms with E-state index >= 15 is 0 Å².